The van der Waals surface area contributed by atoms with Crippen LogP contribution < -0.4 is 5.32 Å². The fourth-order valence-electron chi connectivity index (χ4n) is 3.36. The molecular weight excluding hydrogens is 427 g/mol. The monoisotopic (exact) mass is 441 g/mol. The molecule has 2 heterocycles. The van der Waals surface area contributed by atoms with E-state index in [9.17, 15) is 27.9 Å². The minimum atomic E-state index is -4.67. The summed E-state index contributed by atoms with van der Waals surface area (Å²) in [7, 11) is -3.04. The summed E-state index contributed by atoms with van der Waals surface area (Å²) >= 11 is 6.23. The number of benzene rings is 1. The quantitative estimate of drug-likeness (QED) is 0.558. The highest BCUT2D eigenvalue weighted by molar-refractivity contribution is 8.02. The minimum Gasteiger partial charge on any atom is -0.355 e. The summed E-state index contributed by atoms with van der Waals surface area (Å²) in [6, 6.07) is 5.43. The average Bonchev–Trinajstić information content (AvgIpc) is 2.99. The lowest BCUT2D eigenvalue weighted by molar-refractivity contribution is -0.137. The van der Waals surface area contributed by atoms with E-state index in [1.165, 1.54) is 23.3 Å². The number of rotatable bonds is 3. The zero-order valence-electron chi connectivity index (χ0n) is 15.3. The van der Waals surface area contributed by atoms with Crippen molar-refractivity contribution < 1.29 is 17.4 Å². The van der Waals surface area contributed by atoms with Crippen LogP contribution in [0.2, 0.25) is 5.02 Å². The lowest BCUT2D eigenvalue weighted by Crippen LogP contribution is -2.39. The molecule has 1 atom stereocenters. The van der Waals surface area contributed by atoms with Crippen LogP contribution in [0.5, 0.6) is 0 Å². The first-order valence-corrected chi connectivity index (χ1v) is 11.2. The number of alkyl halides is 3. The van der Waals surface area contributed by atoms with Gasteiger partial charge in [0.2, 0.25) is 0 Å². The van der Waals surface area contributed by atoms with E-state index in [0.717, 1.165) is 12.1 Å². The van der Waals surface area contributed by atoms with Gasteiger partial charge in [-0.3, -0.25) is 4.21 Å². The number of aromatic nitrogens is 2. The summed E-state index contributed by atoms with van der Waals surface area (Å²) in [6.45, 7) is 3.69. The number of thiol groups is 1. The molecule has 0 saturated heterocycles. The molecule has 0 amide bonds. The summed E-state index contributed by atoms with van der Waals surface area (Å²) in [5.74, 6) is 0.138. The molecule has 0 fully saturated rings. The van der Waals surface area contributed by atoms with E-state index in [1.807, 2.05) is 12.1 Å². The van der Waals surface area contributed by atoms with Gasteiger partial charge in [-0.1, -0.05) is 27.6 Å². The van der Waals surface area contributed by atoms with Gasteiger partial charge in [-0.25, -0.2) is 4.68 Å². The molecule has 2 aromatic rings. The molecule has 1 aliphatic heterocycles. The first-order valence-electron chi connectivity index (χ1n) is 8.18. The Labute approximate surface area is 170 Å². The van der Waals surface area contributed by atoms with Crippen molar-refractivity contribution in [3.63, 3.8) is 0 Å². The molecule has 1 N–H and O–H groups in total. The van der Waals surface area contributed by atoms with Gasteiger partial charge in [-0.2, -0.15) is 28.8 Å². The first kappa shape index (κ1) is 20.9. The highest BCUT2D eigenvalue weighted by Gasteiger charge is 2.43. The zero-order valence-corrected chi connectivity index (χ0v) is 17.0. The van der Waals surface area contributed by atoms with Gasteiger partial charge < -0.3 is 5.32 Å². The van der Waals surface area contributed by atoms with Gasteiger partial charge in [-0.15, -0.1) is 6.58 Å². The number of fused-ring (bicyclic) bond motifs is 3. The van der Waals surface area contributed by atoms with Crippen LogP contribution in [0.3, 0.4) is 0 Å². The summed E-state index contributed by atoms with van der Waals surface area (Å²) in [4.78, 5) is 0.130. The maximum atomic E-state index is 13.4. The van der Waals surface area contributed by atoms with Gasteiger partial charge in [0, 0.05) is 5.56 Å². The zero-order chi connectivity index (χ0) is 21.8. The van der Waals surface area contributed by atoms with Crippen LogP contribution >= 0.6 is 11.6 Å². The molecule has 0 bridgehead atoms. The second-order valence-electron chi connectivity index (χ2n) is 6.91. The Hall–Kier alpha value is -2.82. The molecule has 152 valence electrons. The van der Waals surface area contributed by atoms with E-state index in [0.29, 0.717) is 0 Å². The maximum absolute atomic E-state index is 13.4. The number of nitrogens with zero attached hydrogens (tertiary/aromatic N) is 4. The van der Waals surface area contributed by atoms with Gasteiger partial charge in [0.1, 0.15) is 11.9 Å². The lowest BCUT2D eigenvalue weighted by atomic mass is 9.83. The van der Waals surface area contributed by atoms with Crippen molar-refractivity contribution >= 4 is 27.4 Å². The lowest BCUT2D eigenvalue weighted by Gasteiger charge is -2.38. The highest BCUT2D eigenvalue weighted by Crippen LogP contribution is 2.48. The second-order valence-corrected chi connectivity index (χ2v) is 10.5. The van der Waals surface area contributed by atoms with Crippen molar-refractivity contribution in [2.75, 3.05) is 17.8 Å². The predicted molar refractivity (Wildman–Crippen MR) is 104 cm³/mol. The van der Waals surface area contributed by atoms with Crippen LogP contribution in [0.4, 0.5) is 19.0 Å². The number of halogens is 4. The molecule has 0 saturated carbocycles. The van der Waals surface area contributed by atoms with Crippen LogP contribution in [0.1, 0.15) is 23.2 Å². The topological polar surface area (TPSA) is 94.5 Å². The molecule has 1 aromatic heterocycles. The Kier molecular flexibility index (Phi) is 4.77. The Bertz CT molecular complexity index is 1170. The Balaban J connectivity index is 2.50. The molecule has 0 spiro atoms. The molecule has 6 nitrogen and oxygen atoms in total. The van der Waals surface area contributed by atoms with E-state index in [-0.39, 0.29) is 39.1 Å². The standard InChI is InChI=1S/C18H15ClF3N5OS/c1-4-17(5-6-23)11-7-10(18(20,21)22)8-12(19)14(11)27-16(25-17)15(29(2,3)28)13(9-24)26-27/h4,7-8,25,29H,1,5H2,2-3H3. The summed E-state index contributed by atoms with van der Waals surface area (Å²) in [5.41, 5.74) is -2.50. The average molecular weight is 442 g/mol. The Morgan fingerprint density at radius 3 is 2.55 bits per heavy atom. The summed E-state index contributed by atoms with van der Waals surface area (Å²) in [5, 5.41) is 25.6. The summed E-state index contributed by atoms with van der Waals surface area (Å²) in [6.07, 6.45) is -0.776. The largest absolute Gasteiger partial charge is 0.416 e. The fourth-order valence-corrected chi connectivity index (χ4v) is 4.93. The van der Waals surface area contributed by atoms with Crippen molar-refractivity contribution in [1.82, 2.24) is 9.78 Å². The molecule has 0 radical (unpaired) electrons. The first-order chi connectivity index (χ1) is 13.4. The Morgan fingerprint density at radius 1 is 1.41 bits per heavy atom. The third kappa shape index (κ3) is 3.18. The molecule has 1 aliphatic rings. The maximum Gasteiger partial charge on any atom is 0.416 e. The van der Waals surface area contributed by atoms with Gasteiger partial charge in [0.15, 0.2) is 5.69 Å². The molecule has 1 unspecified atom stereocenters. The second kappa shape index (κ2) is 6.61. The van der Waals surface area contributed by atoms with Crippen molar-refractivity contribution in [3.05, 3.63) is 46.6 Å². The van der Waals surface area contributed by atoms with E-state index in [2.05, 4.69) is 17.0 Å². The number of hydrogen-bond acceptors (Lipinski definition) is 5. The third-order valence-electron chi connectivity index (χ3n) is 4.64. The van der Waals surface area contributed by atoms with Crippen molar-refractivity contribution in [2.24, 2.45) is 0 Å². The number of nitrogens with one attached hydrogen (secondary N) is 1. The Morgan fingerprint density at radius 2 is 2.07 bits per heavy atom. The number of hydrogen-bond donors (Lipinski definition) is 2. The number of anilines is 1. The van der Waals surface area contributed by atoms with Gasteiger partial charge in [0.25, 0.3) is 0 Å². The van der Waals surface area contributed by atoms with Gasteiger partial charge in [-0.05, 0) is 24.6 Å². The van der Waals surface area contributed by atoms with Crippen LogP contribution in [-0.2, 0) is 21.6 Å². The third-order valence-corrected chi connectivity index (χ3v) is 6.42. The fraction of sp³-hybridized carbons (Fsp3) is 0.278. The van der Waals surface area contributed by atoms with E-state index >= 15 is 0 Å². The van der Waals surface area contributed by atoms with Crippen molar-refractivity contribution in [2.45, 2.75) is 23.0 Å². The van der Waals surface area contributed by atoms with Crippen LogP contribution in [0, 0.1) is 22.7 Å². The van der Waals surface area contributed by atoms with Crippen molar-refractivity contribution in [1.29, 1.82) is 10.5 Å². The molecule has 29 heavy (non-hydrogen) atoms. The highest BCUT2D eigenvalue weighted by atomic mass is 35.5. The smallest absolute Gasteiger partial charge is 0.355 e. The van der Waals surface area contributed by atoms with Crippen molar-refractivity contribution in [3.8, 4) is 17.8 Å². The summed E-state index contributed by atoms with van der Waals surface area (Å²) < 4.78 is 54.2. The SMILES string of the molecule is C=CC1(CC#N)Nc2c([SH](C)(C)=O)c(C#N)nn2-c2c(Cl)cc(C(F)(F)F)cc21. The molecule has 3 rings (SSSR count). The minimum absolute atomic E-state index is 0.0296. The number of nitriles is 2. The van der Waals surface area contributed by atoms with Gasteiger partial charge >= 0.3 is 6.18 Å². The van der Waals surface area contributed by atoms with E-state index in [1.54, 1.807) is 0 Å². The van der Waals surface area contributed by atoms with Gasteiger partial charge in [0.05, 0.1) is 39.2 Å². The van der Waals surface area contributed by atoms with E-state index in [4.69, 9.17) is 11.6 Å². The normalized spacial score (nSPS) is 18.6. The van der Waals surface area contributed by atoms with E-state index < -0.39 is 27.2 Å². The molecular formula is C18H15ClF3N5OS. The molecule has 1 aromatic carbocycles. The molecule has 0 aliphatic carbocycles. The van der Waals surface area contributed by atoms with Crippen LogP contribution in [-0.4, -0.2) is 26.5 Å². The molecule has 11 heteroatoms. The predicted octanol–water partition coefficient (Wildman–Crippen LogP) is 3.77. The van der Waals surface area contributed by atoms with Crippen LogP contribution in [0.25, 0.3) is 5.69 Å². The van der Waals surface area contributed by atoms with Crippen LogP contribution in [0.15, 0.2) is 29.7 Å².